The number of halogens is 1. The van der Waals surface area contributed by atoms with Crippen molar-refractivity contribution in [3.63, 3.8) is 0 Å². The zero-order valence-corrected chi connectivity index (χ0v) is 10.9. The van der Waals surface area contributed by atoms with Crippen molar-refractivity contribution < 1.29 is 4.74 Å². The molecular formula is C13H17ClN2O. The molecule has 17 heavy (non-hydrogen) atoms. The predicted octanol–water partition coefficient (Wildman–Crippen LogP) is 2.79. The molecule has 1 aromatic carbocycles. The number of nitrogens with two attached hydrogens (primary N) is 1. The number of ether oxygens (including phenoxy) is 1. The molecule has 4 heteroatoms. The Balaban J connectivity index is 2.50. The zero-order chi connectivity index (χ0) is 12.4. The number of hydrogen-bond donors (Lipinski definition) is 1. The normalized spacial score (nSPS) is 13.2. The molecule has 0 saturated carbocycles. The lowest BCUT2D eigenvalue weighted by atomic mass is 10.2. The van der Waals surface area contributed by atoms with Gasteiger partial charge in [-0.3, -0.25) is 0 Å². The Labute approximate surface area is 106 Å². The van der Waals surface area contributed by atoms with Crippen LogP contribution in [0.4, 0.5) is 0 Å². The number of nitrogens with zero attached hydrogens (tertiary/aromatic N) is 1. The summed E-state index contributed by atoms with van der Waals surface area (Å²) < 4.78 is 7.44. The molecule has 92 valence electrons. The van der Waals surface area contributed by atoms with Crippen molar-refractivity contribution in [1.29, 1.82) is 0 Å². The number of rotatable bonds is 4. The number of aromatic nitrogens is 1. The number of hydrogen-bond acceptors (Lipinski definition) is 2. The highest BCUT2D eigenvalue weighted by Crippen LogP contribution is 2.25. The van der Waals surface area contributed by atoms with E-state index in [0.717, 1.165) is 22.6 Å². The molecule has 1 aromatic heterocycles. The number of benzene rings is 1. The molecule has 0 amide bonds. The smallest absolute Gasteiger partial charge is 0.0722 e. The van der Waals surface area contributed by atoms with Gasteiger partial charge in [0.05, 0.1) is 6.10 Å². The van der Waals surface area contributed by atoms with Crippen molar-refractivity contribution in [2.24, 2.45) is 5.73 Å². The van der Waals surface area contributed by atoms with Crippen LogP contribution in [-0.2, 0) is 17.8 Å². The molecule has 3 nitrogen and oxygen atoms in total. The third-order valence-electron chi connectivity index (χ3n) is 3.00. The van der Waals surface area contributed by atoms with E-state index in [2.05, 4.69) is 10.8 Å². The van der Waals surface area contributed by atoms with Crippen LogP contribution in [0.2, 0.25) is 5.02 Å². The Morgan fingerprint density at radius 3 is 2.88 bits per heavy atom. The summed E-state index contributed by atoms with van der Waals surface area (Å²) in [5, 5.41) is 1.91. The zero-order valence-electron chi connectivity index (χ0n) is 10.1. The number of fused-ring (bicyclic) bond motifs is 1. The van der Waals surface area contributed by atoms with Crippen LogP contribution in [0.3, 0.4) is 0 Å². The molecule has 0 radical (unpaired) electrons. The lowest BCUT2D eigenvalue weighted by molar-refractivity contribution is 0.104. The fraction of sp³-hybridized carbons (Fsp3) is 0.385. The SMILES string of the molecule is COC(C)Cn1cc(CN)c2ccc(Cl)cc21. The Bertz CT molecular complexity index is 521. The van der Waals surface area contributed by atoms with Crippen LogP contribution in [0.5, 0.6) is 0 Å². The summed E-state index contributed by atoms with van der Waals surface area (Å²) in [6.07, 6.45) is 2.24. The molecule has 2 rings (SSSR count). The maximum absolute atomic E-state index is 6.04. The van der Waals surface area contributed by atoms with E-state index in [1.165, 1.54) is 5.39 Å². The molecule has 2 N–H and O–H groups in total. The van der Waals surface area contributed by atoms with Gasteiger partial charge in [0.25, 0.3) is 0 Å². The van der Waals surface area contributed by atoms with Crippen molar-refractivity contribution in [3.05, 3.63) is 35.0 Å². The largest absolute Gasteiger partial charge is 0.380 e. The molecule has 0 saturated heterocycles. The Morgan fingerprint density at radius 1 is 1.47 bits per heavy atom. The van der Waals surface area contributed by atoms with Gasteiger partial charge in [0.15, 0.2) is 0 Å². The summed E-state index contributed by atoms with van der Waals surface area (Å²) in [7, 11) is 1.72. The van der Waals surface area contributed by atoms with Gasteiger partial charge in [-0.25, -0.2) is 0 Å². The Morgan fingerprint density at radius 2 is 2.24 bits per heavy atom. The van der Waals surface area contributed by atoms with Crippen LogP contribution in [0.15, 0.2) is 24.4 Å². The Hall–Kier alpha value is -1.03. The van der Waals surface area contributed by atoms with Crippen LogP contribution in [0.1, 0.15) is 12.5 Å². The first-order valence-electron chi connectivity index (χ1n) is 5.66. The van der Waals surface area contributed by atoms with Gasteiger partial charge < -0.3 is 15.0 Å². The average molecular weight is 253 g/mol. The quantitative estimate of drug-likeness (QED) is 0.909. The van der Waals surface area contributed by atoms with E-state index < -0.39 is 0 Å². The van der Waals surface area contributed by atoms with E-state index >= 15 is 0 Å². The van der Waals surface area contributed by atoms with Crippen molar-refractivity contribution >= 4 is 22.5 Å². The first-order valence-corrected chi connectivity index (χ1v) is 6.03. The average Bonchev–Trinajstić information content (AvgIpc) is 2.66. The molecule has 1 heterocycles. The summed E-state index contributed by atoms with van der Waals surface area (Å²) in [5.74, 6) is 0. The molecule has 0 aliphatic carbocycles. The van der Waals surface area contributed by atoms with Crippen LogP contribution in [-0.4, -0.2) is 17.8 Å². The van der Waals surface area contributed by atoms with Gasteiger partial charge in [0.1, 0.15) is 0 Å². The number of methoxy groups -OCH3 is 1. The van der Waals surface area contributed by atoms with Crippen molar-refractivity contribution in [2.75, 3.05) is 7.11 Å². The van der Waals surface area contributed by atoms with Gasteiger partial charge in [0, 0.05) is 42.3 Å². The second-order valence-corrected chi connectivity index (χ2v) is 4.66. The monoisotopic (exact) mass is 252 g/mol. The van der Waals surface area contributed by atoms with E-state index in [1.54, 1.807) is 7.11 Å². The van der Waals surface area contributed by atoms with E-state index in [4.69, 9.17) is 22.1 Å². The Kier molecular flexibility index (Phi) is 3.72. The first-order chi connectivity index (χ1) is 8.15. The van der Waals surface area contributed by atoms with E-state index in [1.807, 2.05) is 25.1 Å². The molecule has 2 aromatic rings. The minimum atomic E-state index is 0.162. The molecule has 0 aliphatic rings. The second-order valence-electron chi connectivity index (χ2n) is 4.22. The molecule has 1 atom stereocenters. The third-order valence-corrected chi connectivity index (χ3v) is 3.24. The van der Waals surface area contributed by atoms with Gasteiger partial charge in [0.2, 0.25) is 0 Å². The van der Waals surface area contributed by atoms with Crippen molar-refractivity contribution in [2.45, 2.75) is 26.1 Å². The minimum Gasteiger partial charge on any atom is -0.380 e. The van der Waals surface area contributed by atoms with Crippen LogP contribution >= 0.6 is 11.6 Å². The fourth-order valence-corrected chi connectivity index (χ4v) is 2.17. The minimum absolute atomic E-state index is 0.162. The summed E-state index contributed by atoms with van der Waals surface area (Å²) in [6, 6.07) is 5.89. The van der Waals surface area contributed by atoms with E-state index in [-0.39, 0.29) is 6.10 Å². The van der Waals surface area contributed by atoms with Gasteiger partial charge in [-0.15, -0.1) is 0 Å². The van der Waals surface area contributed by atoms with E-state index in [0.29, 0.717) is 6.54 Å². The maximum Gasteiger partial charge on any atom is 0.0722 e. The lowest BCUT2D eigenvalue weighted by Gasteiger charge is -2.11. The summed E-state index contributed by atoms with van der Waals surface area (Å²) in [4.78, 5) is 0. The lowest BCUT2D eigenvalue weighted by Crippen LogP contribution is -2.13. The molecule has 0 fully saturated rings. The molecule has 1 unspecified atom stereocenters. The van der Waals surface area contributed by atoms with Gasteiger partial charge in [-0.05, 0) is 24.6 Å². The van der Waals surface area contributed by atoms with Crippen LogP contribution in [0, 0.1) is 0 Å². The second kappa shape index (κ2) is 5.08. The molecule has 0 bridgehead atoms. The standard InChI is InChI=1S/C13H17ClN2O/c1-9(17-2)7-16-8-10(6-15)12-4-3-11(14)5-13(12)16/h3-5,8-9H,6-7,15H2,1-2H3. The van der Waals surface area contributed by atoms with E-state index in [9.17, 15) is 0 Å². The predicted molar refractivity (Wildman–Crippen MR) is 71.3 cm³/mol. The van der Waals surface area contributed by atoms with Gasteiger partial charge >= 0.3 is 0 Å². The summed E-state index contributed by atoms with van der Waals surface area (Å²) in [6.45, 7) is 3.37. The molecule has 0 spiro atoms. The van der Waals surface area contributed by atoms with Crippen LogP contribution in [0.25, 0.3) is 10.9 Å². The first kappa shape index (κ1) is 12.4. The molecule has 0 aliphatic heterocycles. The summed E-state index contributed by atoms with van der Waals surface area (Å²) >= 11 is 6.04. The topological polar surface area (TPSA) is 40.2 Å². The van der Waals surface area contributed by atoms with Crippen molar-refractivity contribution in [3.8, 4) is 0 Å². The highest BCUT2D eigenvalue weighted by molar-refractivity contribution is 6.31. The highest BCUT2D eigenvalue weighted by Gasteiger charge is 2.10. The van der Waals surface area contributed by atoms with Gasteiger partial charge in [-0.2, -0.15) is 0 Å². The summed E-state index contributed by atoms with van der Waals surface area (Å²) in [5.41, 5.74) is 8.00. The molecular weight excluding hydrogens is 236 g/mol. The third kappa shape index (κ3) is 2.46. The maximum atomic E-state index is 6.04. The van der Waals surface area contributed by atoms with Crippen molar-refractivity contribution in [1.82, 2.24) is 4.57 Å². The highest BCUT2D eigenvalue weighted by atomic mass is 35.5. The van der Waals surface area contributed by atoms with Gasteiger partial charge in [-0.1, -0.05) is 17.7 Å². The van der Waals surface area contributed by atoms with Crippen LogP contribution < -0.4 is 5.73 Å². The fourth-order valence-electron chi connectivity index (χ4n) is 2.01.